The van der Waals surface area contributed by atoms with E-state index in [1.807, 2.05) is 0 Å². The van der Waals surface area contributed by atoms with Gasteiger partial charge in [-0.1, -0.05) is 20.8 Å². The summed E-state index contributed by atoms with van der Waals surface area (Å²) in [5.41, 5.74) is 0.826. The van der Waals surface area contributed by atoms with Crippen molar-refractivity contribution in [2.45, 2.75) is 72.0 Å². The molecule has 2 atom stereocenters. The van der Waals surface area contributed by atoms with Gasteiger partial charge in [0.05, 0.1) is 6.67 Å². The van der Waals surface area contributed by atoms with Gasteiger partial charge in [-0.25, -0.2) is 0 Å². The second-order valence-electron chi connectivity index (χ2n) is 9.74. The van der Waals surface area contributed by atoms with Gasteiger partial charge in [-0.15, -0.1) is 0 Å². The van der Waals surface area contributed by atoms with Crippen LogP contribution in [0.2, 0.25) is 0 Å². The van der Waals surface area contributed by atoms with Crippen LogP contribution in [0.3, 0.4) is 0 Å². The molecule has 0 saturated carbocycles. The summed E-state index contributed by atoms with van der Waals surface area (Å²) < 4.78 is 0. The molecule has 2 unspecified atom stereocenters. The lowest BCUT2D eigenvalue weighted by Crippen LogP contribution is -2.63. The van der Waals surface area contributed by atoms with Gasteiger partial charge < -0.3 is 0 Å². The molecule has 3 heterocycles. The second-order valence-corrected chi connectivity index (χ2v) is 9.74. The number of fused-ring (bicyclic) bond motifs is 2. The van der Waals surface area contributed by atoms with E-state index in [1.165, 1.54) is 45.7 Å². The molecule has 2 bridgehead atoms. The van der Waals surface area contributed by atoms with Gasteiger partial charge in [-0.2, -0.15) is 0 Å². The van der Waals surface area contributed by atoms with Gasteiger partial charge in [0.2, 0.25) is 0 Å². The third kappa shape index (κ3) is 3.16. The Morgan fingerprint density at radius 2 is 1.24 bits per heavy atom. The van der Waals surface area contributed by atoms with Crippen LogP contribution in [-0.4, -0.2) is 65.2 Å². The molecular weight excluding hydrogens is 258 g/mol. The number of likely N-dealkylation sites (tertiary alicyclic amines) is 2. The lowest BCUT2D eigenvalue weighted by Gasteiger charge is -2.52. The molecule has 21 heavy (non-hydrogen) atoms. The summed E-state index contributed by atoms with van der Waals surface area (Å²) in [7, 11) is 0. The number of rotatable bonds is 2. The summed E-state index contributed by atoms with van der Waals surface area (Å²) >= 11 is 0. The first-order valence-electron chi connectivity index (χ1n) is 8.88. The molecule has 0 amide bonds. The summed E-state index contributed by atoms with van der Waals surface area (Å²) in [5.74, 6) is 0.894. The Labute approximate surface area is 131 Å². The SMILES string of the molecule is CC(C)(C)C1CN(CN2CC3CCC(C2)N3C(C)(C)C)C1. The molecule has 3 aliphatic rings. The van der Waals surface area contributed by atoms with Crippen molar-refractivity contribution in [3.8, 4) is 0 Å². The lowest BCUT2D eigenvalue weighted by molar-refractivity contribution is -0.0538. The average molecular weight is 293 g/mol. The molecule has 122 valence electrons. The predicted molar refractivity (Wildman–Crippen MR) is 89.4 cm³/mol. The smallest absolute Gasteiger partial charge is 0.0507 e. The molecule has 3 saturated heterocycles. The molecule has 0 aliphatic carbocycles. The van der Waals surface area contributed by atoms with Crippen molar-refractivity contribution < 1.29 is 0 Å². The highest BCUT2D eigenvalue weighted by atomic mass is 15.4. The largest absolute Gasteiger partial charge is 0.290 e. The van der Waals surface area contributed by atoms with Crippen molar-refractivity contribution in [3.63, 3.8) is 0 Å². The Morgan fingerprint density at radius 1 is 0.762 bits per heavy atom. The minimum absolute atomic E-state index is 0.339. The number of hydrogen-bond acceptors (Lipinski definition) is 3. The van der Waals surface area contributed by atoms with Gasteiger partial charge in [-0.05, 0) is 44.9 Å². The molecule has 0 radical (unpaired) electrons. The summed E-state index contributed by atoms with van der Waals surface area (Å²) in [6, 6.07) is 1.59. The van der Waals surface area contributed by atoms with Gasteiger partial charge in [-0.3, -0.25) is 14.7 Å². The molecule has 0 N–H and O–H groups in total. The van der Waals surface area contributed by atoms with Crippen LogP contribution in [0.5, 0.6) is 0 Å². The average Bonchev–Trinajstić information content (AvgIpc) is 2.54. The third-order valence-corrected chi connectivity index (χ3v) is 5.91. The van der Waals surface area contributed by atoms with E-state index in [0.717, 1.165) is 18.0 Å². The summed E-state index contributed by atoms with van der Waals surface area (Å²) in [6.45, 7) is 20.7. The minimum atomic E-state index is 0.339. The quantitative estimate of drug-likeness (QED) is 0.775. The highest BCUT2D eigenvalue weighted by Crippen LogP contribution is 2.37. The molecule has 3 aliphatic heterocycles. The Balaban J connectivity index is 1.51. The molecule has 3 heteroatoms. The van der Waals surface area contributed by atoms with Crippen LogP contribution in [0.25, 0.3) is 0 Å². The molecule has 0 aromatic heterocycles. The van der Waals surface area contributed by atoms with Crippen LogP contribution in [0.15, 0.2) is 0 Å². The topological polar surface area (TPSA) is 9.72 Å². The fraction of sp³-hybridized carbons (Fsp3) is 1.00. The van der Waals surface area contributed by atoms with Crippen LogP contribution in [-0.2, 0) is 0 Å². The molecule has 0 spiro atoms. The maximum Gasteiger partial charge on any atom is 0.0507 e. The zero-order valence-corrected chi connectivity index (χ0v) is 15.0. The Kier molecular flexibility index (Phi) is 3.91. The number of piperazine rings is 1. The fourth-order valence-electron chi connectivity index (χ4n) is 4.72. The first-order chi connectivity index (χ1) is 9.64. The highest BCUT2D eigenvalue weighted by molar-refractivity contribution is 5.01. The van der Waals surface area contributed by atoms with E-state index in [0.29, 0.717) is 11.0 Å². The third-order valence-electron chi connectivity index (χ3n) is 5.91. The lowest BCUT2D eigenvalue weighted by atomic mass is 9.76. The summed E-state index contributed by atoms with van der Waals surface area (Å²) in [4.78, 5) is 8.18. The van der Waals surface area contributed by atoms with E-state index in [9.17, 15) is 0 Å². The van der Waals surface area contributed by atoms with Gasteiger partial charge >= 0.3 is 0 Å². The monoisotopic (exact) mass is 293 g/mol. The molecule has 0 aromatic rings. The van der Waals surface area contributed by atoms with Crippen molar-refractivity contribution in [1.29, 1.82) is 0 Å². The predicted octanol–water partition coefficient (Wildman–Crippen LogP) is 2.87. The Hall–Kier alpha value is -0.120. The van der Waals surface area contributed by atoms with E-state index in [-0.39, 0.29) is 0 Å². The molecule has 3 fully saturated rings. The number of nitrogens with zero attached hydrogens (tertiary/aromatic N) is 3. The van der Waals surface area contributed by atoms with Crippen LogP contribution in [0.4, 0.5) is 0 Å². The molecule has 3 nitrogen and oxygen atoms in total. The number of hydrogen-bond donors (Lipinski definition) is 0. The van der Waals surface area contributed by atoms with Crippen LogP contribution in [0.1, 0.15) is 54.4 Å². The molecule has 3 rings (SSSR count). The summed E-state index contributed by atoms with van der Waals surface area (Å²) in [5, 5.41) is 0. The zero-order valence-electron chi connectivity index (χ0n) is 15.0. The van der Waals surface area contributed by atoms with Crippen LogP contribution in [0, 0.1) is 11.3 Å². The fourth-order valence-corrected chi connectivity index (χ4v) is 4.72. The first kappa shape index (κ1) is 15.8. The Morgan fingerprint density at radius 3 is 1.67 bits per heavy atom. The maximum atomic E-state index is 2.80. The van der Waals surface area contributed by atoms with Crippen molar-refractivity contribution in [2.24, 2.45) is 11.3 Å². The van der Waals surface area contributed by atoms with Crippen molar-refractivity contribution in [2.75, 3.05) is 32.8 Å². The minimum Gasteiger partial charge on any atom is -0.290 e. The van der Waals surface area contributed by atoms with E-state index < -0.39 is 0 Å². The van der Waals surface area contributed by atoms with Gasteiger partial charge in [0, 0.05) is 43.8 Å². The van der Waals surface area contributed by atoms with E-state index >= 15 is 0 Å². The Bertz CT molecular complexity index is 359. The van der Waals surface area contributed by atoms with Crippen LogP contribution >= 0.6 is 0 Å². The van der Waals surface area contributed by atoms with Gasteiger partial charge in [0.25, 0.3) is 0 Å². The van der Waals surface area contributed by atoms with Gasteiger partial charge in [0.15, 0.2) is 0 Å². The second kappa shape index (κ2) is 5.21. The van der Waals surface area contributed by atoms with Gasteiger partial charge in [0.1, 0.15) is 0 Å². The molecular formula is C18H35N3. The van der Waals surface area contributed by atoms with E-state index in [1.54, 1.807) is 0 Å². The van der Waals surface area contributed by atoms with Crippen molar-refractivity contribution in [1.82, 2.24) is 14.7 Å². The van der Waals surface area contributed by atoms with Crippen molar-refractivity contribution >= 4 is 0 Å². The standard InChI is InChI=1S/C18H35N3/c1-17(2,3)14-9-19(10-14)13-20-11-15-7-8-16(12-20)21(15)18(4,5)6/h14-16H,7-13H2,1-6H3. The zero-order chi connectivity index (χ0) is 15.4. The molecule has 0 aromatic carbocycles. The van der Waals surface area contributed by atoms with Crippen LogP contribution < -0.4 is 0 Å². The summed E-state index contributed by atoms with van der Waals surface area (Å²) in [6.07, 6.45) is 2.81. The highest BCUT2D eigenvalue weighted by Gasteiger charge is 2.45. The first-order valence-corrected chi connectivity index (χ1v) is 8.88. The normalized spacial score (nSPS) is 33.4. The maximum absolute atomic E-state index is 2.80. The van der Waals surface area contributed by atoms with Crippen molar-refractivity contribution in [3.05, 3.63) is 0 Å². The van der Waals surface area contributed by atoms with E-state index in [4.69, 9.17) is 0 Å². The van der Waals surface area contributed by atoms with E-state index in [2.05, 4.69) is 56.2 Å².